The van der Waals surface area contributed by atoms with Crippen molar-refractivity contribution in [3.63, 3.8) is 0 Å². The zero-order valence-electron chi connectivity index (χ0n) is 14.7. The first kappa shape index (κ1) is 18.0. The van der Waals surface area contributed by atoms with Gasteiger partial charge >= 0.3 is 5.97 Å². The molecule has 4 nitrogen and oxygen atoms in total. The van der Waals surface area contributed by atoms with E-state index in [1.807, 2.05) is 45.3 Å². The normalized spacial score (nSPS) is 12.2. The van der Waals surface area contributed by atoms with Crippen molar-refractivity contribution < 1.29 is 14.6 Å². The van der Waals surface area contributed by atoms with Crippen molar-refractivity contribution in [1.29, 1.82) is 0 Å². The summed E-state index contributed by atoms with van der Waals surface area (Å²) in [6.45, 7) is 2.76. The number of carbonyl (C=O) groups is 1. The number of methoxy groups -OCH3 is 1. The van der Waals surface area contributed by atoms with E-state index in [0.717, 1.165) is 29.0 Å². The predicted octanol–water partition coefficient (Wildman–Crippen LogP) is 4.00. The van der Waals surface area contributed by atoms with Gasteiger partial charge in [0, 0.05) is 12.1 Å². The Labute approximate surface area is 143 Å². The van der Waals surface area contributed by atoms with Crippen LogP contribution in [0.1, 0.15) is 30.4 Å². The van der Waals surface area contributed by atoms with Gasteiger partial charge in [-0.3, -0.25) is 4.79 Å². The number of carboxylic acids is 1. The SMILES string of the molecule is COc1ccc(C(C)CC(=O)O)cc1-c1ccccc1CN(C)C. The Bertz CT molecular complexity index is 710. The molecule has 0 radical (unpaired) electrons. The number of hydrogen-bond donors (Lipinski definition) is 1. The number of carboxylic acid groups (broad SMARTS) is 1. The minimum Gasteiger partial charge on any atom is -0.496 e. The quantitative estimate of drug-likeness (QED) is 0.835. The lowest BCUT2D eigenvalue weighted by molar-refractivity contribution is -0.137. The standard InChI is InChI=1S/C20H25NO3/c1-14(11-20(22)23)15-9-10-19(24-4)18(12-15)17-8-6-5-7-16(17)13-21(2)3/h5-10,12,14H,11,13H2,1-4H3,(H,22,23). The largest absolute Gasteiger partial charge is 0.496 e. The summed E-state index contributed by atoms with van der Waals surface area (Å²) in [6.07, 6.45) is 0.116. The molecule has 1 atom stereocenters. The highest BCUT2D eigenvalue weighted by atomic mass is 16.5. The van der Waals surface area contributed by atoms with Gasteiger partial charge in [-0.05, 0) is 48.8 Å². The molecule has 0 bridgehead atoms. The molecule has 0 aromatic heterocycles. The van der Waals surface area contributed by atoms with Crippen LogP contribution < -0.4 is 4.74 Å². The van der Waals surface area contributed by atoms with E-state index in [1.165, 1.54) is 5.56 Å². The first-order chi connectivity index (χ1) is 11.4. The monoisotopic (exact) mass is 327 g/mol. The van der Waals surface area contributed by atoms with Crippen molar-refractivity contribution in [2.45, 2.75) is 25.8 Å². The molecule has 0 aliphatic heterocycles. The Hall–Kier alpha value is -2.33. The van der Waals surface area contributed by atoms with Crippen LogP contribution in [-0.2, 0) is 11.3 Å². The fraction of sp³-hybridized carbons (Fsp3) is 0.350. The highest BCUT2D eigenvalue weighted by Gasteiger charge is 2.15. The average Bonchev–Trinajstić information content (AvgIpc) is 2.53. The van der Waals surface area contributed by atoms with Crippen LogP contribution >= 0.6 is 0 Å². The van der Waals surface area contributed by atoms with Crippen molar-refractivity contribution in [1.82, 2.24) is 4.90 Å². The second kappa shape index (κ2) is 7.97. The Morgan fingerprint density at radius 3 is 2.50 bits per heavy atom. The van der Waals surface area contributed by atoms with E-state index in [9.17, 15) is 4.79 Å². The van der Waals surface area contributed by atoms with Crippen molar-refractivity contribution in [2.24, 2.45) is 0 Å². The molecule has 128 valence electrons. The van der Waals surface area contributed by atoms with Gasteiger partial charge in [0.15, 0.2) is 0 Å². The summed E-state index contributed by atoms with van der Waals surface area (Å²) in [5, 5.41) is 9.05. The molecule has 0 fully saturated rings. The van der Waals surface area contributed by atoms with E-state index in [-0.39, 0.29) is 12.3 Å². The fourth-order valence-electron chi connectivity index (χ4n) is 2.88. The molecular formula is C20H25NO3. The molecule has 2 rings (SSSR count). The maximum absolute atomic E-state index is 11.0. The molecule has 0 heterocycles. The Balaban J connectivity index is 2.50. The first-order valence-electron chi connectivity index (χ1n) is 8.05. The Morgan fingerprint density at radius 2 is 1.88 bits per heavy atom. The third-order valence-electron chi connectivity index (χ3n) is 4.07. The Kier molecular flexibility index (Phi) is 5.99. The second-order valence-corrected chi connectivity index (χ2v) is 6.35. The van der Waals surface area contributed by atoms with Gasteiger partial charge in [-0.15, -0.1) is 0 Å². The fourth-order valence-corrected chi connectivity index (χ4v) is 2.88. The molecule has 0 aliphatic carbocycles. The summed E-state index contributed by atoms with van der Waals surface area (Å²) in [4.78, 5) is 13.1. The van der Waals surface area contributed by atoms with E-state index in [0.29, 0.717) is 0 Å². The summed E-state index contributed by atoms with van der Waals surface area (Å²) in [7, 11) is 5.74. The molecule has 1 unspecified atom stereocenters. The smallest absolute Gasteiger partial charge is 0.303 e. The van der Waals surface area contributed by atoms with Crippen LogP contribution in [-0.4, -0.2) is 37.2 Å². The summed E-state index contributed by atoms with van der Waals surface area (Å²) in [5.41, 5.74) is 4.34. The minimum absolute atomic E-state index is 0.0480. The minimum atomic E-state index is -0.784. The third-order valence-corrected chi connectivity index (χ3v) is 4.07. The molecule has 0 amide bonds. The van der Waals surface area contributed by atoms with Crippen LogP contribution in [0.4, 0.5) is 0 Å². The third kappa shape index (κ3) is 4.36. The number of hydrogen-bond acceptors (Lipinski definition) is 3. The number of aliphatic carboxylic acids is 1. The number of benzene rings is 2. The molecule has 0 spiro atoms. The van der Waals surface area contributed by atoms with Gasteiger partial charge in [-0.25, -0.2) is 0 Å². The summed E-state index contributed by atoms with van der Waals surface area (Å²) < 4.78 is 5.55. The highest BCUT2D eigenvalue weighted by molar-refractivity contribution is 5.75. The molecule has 0 saturated heterocycles. The lowest BCUT2D eigenvalue weighted by Crippen LogP contribution is -2.11. The van der Waals surface area contributed by atoms with Crippen molar-refractivity contribution >= 4 is 5.97 Å². The summed E-state index contributed by atoms with van der Waals surface area (Å²) in [5.74, 6) is -0.0338. The van der Waals surface area contributed by atoms with E-state index >= 15 is 0 Å². The van der Waals surface area contributed by atoms with Crippen molar-refractivity contribution in [3.8, 4) is 16.9 Å². The highest BCUT2D eigenvalue weighted by Crippen LogP contribution is 2.35. The van der Waals surface area contributed by atoms with Crippen LogP contribution in [0.15, 0.2) is 42.5 Å². The van der Waals surface area contributed by atoms with E-state index < -0.39 is 5.97 Å². The number of ether oxygens (including phenoxy) is 1. The molecule has 2 aromatic rings. The number of nitrogens with zero attached hydrogens (tertiary/aromatic N) is 1. The second-order valence-electron chi connectivity index (χ2n) is 6.35. The van der Waals surface area contributed by atoms with Gasteiger partial charge in [-0.1, -0.05) is 37.3 Å². The average molecular weight is 327 g/mol. The predicted molar refractivity (Wildman–Crippen MR) is 96.5 cm³/mol. The zero-order chi connectivity index (χ0) is 17.7. The van der Waals surface area contributed by atoms with Crippen LogP contribution in [0.2, 0.25) is 0 Å². The molecule has 1 N–H and O–H groups in total. The lowest BCUT2D eigenvalue weighted by Gasteiger charge is -2.18. The lowest BCUT2D eigenvalue weighted by atomic mass is 9.91. The van der Waals surface area contributed by atoms with Crippen LogP contribution in [0.25, 0.3) is 11.1 Å². The Morgan fingerprint density at radius 1 is 1.17 bits per heavy atom. The van der Waals surface area contributed by atoms with Gasteiger partial charge in [0.1, 0.15) is 5.75 Å². The van der Waals surface area contributed by atoms with E-state index in [4.69, 9.17) is 9.84 Å². The maximum Gasteiger partial charge on any atom is 0.303 e. The van der Waals surface area contributed by atoms with Gasteiger partial charge < -0.3 is 14.7 Å². The van der Waals surface area contributed by atoms with Crippen LogP contribution in [0, 0.1) is 0 Å². The van der Waals surface area contributed by atoms with Gasteiger partial charge in [0.25, 0.3) is 0 Å². The molecule has 4 heteroatoms. The van der Waals surface area contributed by atoms with E-state index in [2.05, 4.69) is 23.1 Å². The van der Waals surface area contributed by atoms with Crippen molar-refractivity contribution in [3.05, 3.63) is 53.6 Å². The number of rotatable bonds is 7. The molecule has 24 heavy (non-hydrogen) atoms. The van der Waals surface area contributed by atoms with E-state index in [1.54, 1.807) is 7.11 Å². The maximum atomic E-state index is 11.0. The van der Waals surface area contributed by atoms with Gasteiger partial charge in [-0.2, -0.15) is 0 Å². The summed E-state index contributed by atoms with van der Waals surface area (Å²) >= 11 is 0. The van der Waals surface area contributed by atoms with Crippen LogP contribution in [0.3, 0.4) is 0 Å². The van der Waals surface area contributed by atoms with Gasteiger partial charge in [0.2, 0.25) is 0 Å². The zero-order valence-corrected chi connectivity index (χ0v) is 14.7. The molecule has 0 aliphatic rings. The van der Waals surface area contributed by atoms with Gasteiger partial charge in [0.05, 0.1) is 13.5 Å². The molecule has 2 aromatic carbocycles. The molecular weight excluding hydrogens is 302 g/mol. The van der Waals surface area contributed by atoms with Crippen LogP contribution in [0.5, 0.6) is 5.75 Å². The molecule has 0 saturated carbocycles. The topological polar surface area (TPSA) is 49.8 Å². The van der Waals surface area contributed by atoms with Crippen molar-refractivity contribution in [2.75, 3.05) is 21.2 Å². The first-order valence-corrected chi connectivity index (χ1v) is 8.05. The summed E-state index contributed by atoms with van der Waals surface area (Å²) in [6, 6.07) is 14.2.